The highest BCUT2D eigenvalue weighted by Crippen LogP contribution is 2.24. The number of rotatable bonds is 76. The van der Waals surface area contributed by atoms with Gasteiger partial charge < -0.3 is 10.2 Å². The molecule has 0 aliphatic rings. The Labute approximate surface area is 529 Å². The topological polar surface area (TPSA) is 74.6 Å². The lowest BCUT2D eigenvalue weighted by molar-refractivity contribution is -0.146. The minimum Gasteiger partial charge on any atom is -0.481 e. The zero-order valence-corrected chi connectivity index (χ0v) is 58.4. The molecule has 0 radical (unpaired) electrons. The number of aliphatic carboxylic acids is 1. The first-order valence-corrected chi connectivity index (χ1v) is 39.9. The van der Waals surface area contributed by atoms with Gasteiger partial charge in [0.05, 0.1) is 12.0 Å². The first kappa shape index (κ1) is 83.1. The molecule has 0 saturated carbocycles. The predicted octanol–water partition coefficient (Wildman–Crippen LogP) is 28.4. The van der Waals surface area contributed by atoms with E-state index < -0.39 is 18.0 Å². The van der Waals surface area contributed by atoms with Gasteiger partial charge in [-0.1, -0.05) is 451 Å². The summed E-state index contributed by atoms with van der Waals surface area (Å²) in [4.78, 5) is 24.6. The van der Waals surface area contributed by atoms with Gasteiger partial charge in [0.2, 0.25) is 0 Å². The Bertz CT molecular complexity index is 1230. The number of Topliss-reactive ketones (excluding diaryl/α,β-unsaturated/α-hetero) is 1. The molecule has 0 aliphatic heterocycles. The van der Waals surface area contributed by atoms with Gasteiger partial charge in [-0.25, -0.2) is 0 Å². The van der Waals surface area contributed by atoms with Crippen molar-refractivity contribution in [2.45, 2.75) is 489 Å². The van der Waals surface area contributed by atoms with Crippen LogP contribution in [0.25, 0.3) is 0 Å². The summed E-state index contributed by atoms with van der Waals surface area (Å²) in [6, 6.07) is 0. The number of carboxylic acids is 1. The summed E-state index contributed by atoms with van der Waals surface area (Å²) in [5.74, 6) is -0.578. The summed E-state index contributed by atoms with van der Waals surface area (Å²) in [6.45, 7) is 6.79. The molecule has 4 nitrogen and oxygen atoms in total. The van der Waals surface area contributed by atoms with E-state index >= 15 is 0 Å². The normalized spacial score (nSPS) is 12.9. The molecule has 4 heteroatoms. The predicted molar refractivity (Wildman–Crippen MR) is 375 cm³/mol. The molecule has 0 heterocycles. The molecule has 502 valence electrons. The van der Waals surface area contributed by atoms with E-state index in [4.69, 9.17) is 0 Å². The van der Waals surface area contributed by atoms with Crippen LogP contribution in [0, 0.1) is 11.8 Å². The molecule has 0 fully saturated rings. The number of aliphatic hydroxyl groups is 1. The molecule has 0 bridgehead atoms. The Balaban J connectivity index is 3.35. The van der Waals surface area contributed by atoms with Crippen LogP contribution in [0.3, 0.4) is 0 Å². The van der Waals surface area contributed by atoms with E-state index in [0.717, 1.165) is 44.9 Å². The van der Waals surface area contributed by atoms with Gasteiger partial charge in [0.1, 0.15) is 5.78 Å². The van der Waals surface area contributed by atoms with Gasteiger partial charge in [-0.05, 0) is 25.7 Å². The van der Waals surface area contributed by atoms with Crippen LogP contribution >= 0.6 is 0 Å². The monoisotopic (exact) mass is 1180 g/mol. The van der Waals surface area contributed by atoms with Crippen LogP contribution in [-0.4, -0.2) is 28.1 Å². The highest BCUT2D eigenvalue weighted by Gasteiger charge is 2.25. The van der Waals surface area contributed by atoms with Crippen LogP contribution in [0.1, 0.15) is 483 Å². The molecule has 0 spiro atoms. The third-order valence-electron chi connectivity index (χ3n) is 19.9. The fourth-order valence-electron chi connectivity index (χ4n) is 13.7. The van der Waals surface area contributed by atoms with Crippen LogP contribution in [0.4, 0.5) is 0 Å². The Morgan fingerprint density at radius 1 is 0.238 bits per heavy atom. The minimum absolute atomic E-state index is 0.279. The lowest BCUT2D eigenvalue weighted by atomic mass is 9.91. The molecular formula is C80H158O4. The first-order valence-electron chi connectivity index (χ1n) is 39.9. The SMILES string of the molecule is CCCCCCCCCCCCCCCCCCCCCCC(C(=O)O)C(O)CCCCCCCCCCCCCCCCCCCCCCCCCCCCCCCCC(=O)C(C)CCCCCCCCCCCCCCCCCCCC. The van der Waals surface area contributed by atoms with Crippen LogP contribution in [0.2, 0.25) is 0 Å². The van der Waals surface area contributed by atoms with E-state index in [2.05, 4.69) is 20.8 Å². The van der Waals surface area contributed by atoms with Crippen molar-refractivity contribution in [3.05, 3.63) is 0 Å². The molecule has 0 aromatic rings. The van der Waals surface area contributed by atoms with Crippen molar-refractivity contribution in [3.63, 3.8) is 0 Å². The van der Waals surface area contributed by atoms with Gasteiger partial charge in [0, 0.05) is 12.3 Å². The molecule has 0 rings (SSSR count). The quantitative estimate of drug-likeness (QED) is 0.0595. The van der Waals surface area contributed by atoms with Crippen molar-refractivity contribution in [3.8, 4) is 0 Å². The van der Waals surface area contributed by atoms with E-state index in [1.165, 1.54) is 405 Å². The van der Waals surface area contributed by atoms with E-state index in [9.17, 15) is 19.8 Å². The number of hydrogen-bond acceptors (Lipinski definition) is 3. The smallest absolute Gasteiger partial charge is 0.309 e. The van der Waals surface area contributed by atoms with Gasteiger partial charge in [0.15, 0.2) is 0 Å². The fourth-order valence-corrected chi connectivity index (χ4v) is 13.7. The van der Waals surface area contributed by atoms with Crippen molar-refractivity contribution >= 4 is 11.8 Å². The zero-order valence-electron chi connectivity index (χ0n) is 58.4. The number of carbonyl (C=O) groups is 2. The van der Waals surface area contributed by atoms with E-state index in [1.54, 1.807) is 0 Å². The molecule has 0 aliphatic carbocycles. The average Bonchev–Trinajstić information content (AvgIpc) is 3.53. The lowest BCUT2D eigenvalue weighted by Crippen LogP contribution is -2.28. The van der Waals surface area contributed by atoms with Gasteiger partial charge in [0.25, 0.3) is 0 Å². The van der Waals surface area contributed by atoms with E-state index in [-0.39, 0.29) is 5.92 Å². The summed E-state index contributed by atoms with van der Waals surface area (Å²) < 4.78 is 0. The molecule has 3 unspecified atom stereocenters. The molecule has 3 atom stereocenters. The van der Waals surface area contributed by atoms with E-state index in [1.807, 2.05) is 0 Å². The van der Waals surface area contributed by atoms with Crippen LogP contribution in [0.15, 0.2) is 0 Å². The summed E-state index contributed by atoms with van der Waals surface area (Å²) >= 11 is 0. The Kier molecular flexibility index (Phi) is 72.1. The second kappa shape index (κ2) is 72.8. The van der Waals surface area contributed by atoms with Crippen LogP contribution in [-0.2, 0) is 9.59 Å². The molecule has 0 aromatic heterocycles. The molecule has 0 amide bonds. The van der Waals surface area contributed by atoms with E-state index in [0.29, 0.717) is 18.6 Å². The second-order valence-corrected chi connectivity index (χ2v) is 28.3. The molecule has 0 aromatic carbocycles. The maximum atomic E-state index is 12.7. The highest BCUT2D eigenvalue weighted by molar-refractivity contribution is 5.80. The Morgan fingerprint density at radius 3 is 0.607 bits per heavy atom. The van der Waals surface area contributed by atoms with Crippen molar-refractivity contribution in [2.24, 2.45) is 11.8 Å². The van der Waals surface area contributed by atoms with Crippen molar-refractivity contribution in [2.75, 3.05) is 0 Å². The molecule has 84 heavy (non-hydrogen) atoms. The number of carboxylic acid groups (broad SMARTS) is 1. The summed E-state index contributed by atoms with van der Waals surface area (Å²) in [5.41, 5.74) is 0. The minimum atomic E-state index is -0.802. The Morgan fingerprint density at radius 2 is 0.405 bits per heavy atom. The van der Waals surface area contributed by atoms with Gasteiger partial charge >= 0.3 is 5.97 Å². The fraction of sp³-hybridized carbons (Fsp3) is 0.975. The van der Waals surface area contributed by atoms with Crippen molar-refractivity contribution < 1.29 is 19.8 Å². The van der Waals surface area contributed by atoms with Crippen molar-refractivity contribution in [1.82, 2.24) is 0 Å². The largest absolute Gasteiger partial charge is 0.481 e. The number of aliphatic hydroxyl groups excluding tert-OH is 1. The molecule has 2 N–H and O–H groups in total. The van der Waals surface area contributed by atoms with Gasteiger partial charge in [-0.2, -0.15) is 0 Å². The number of carbonyl (C=O) groups excluding carboxylic acids is 1. The van der Waals surface area contributed by atoms with Crippen LogP contribution < -0.4 is 0 Å². The lowest BCUT2D eigenvalue weighted by Gasteiger charge is -2.19. The first-order chi connectivity index (χ1) is 41.4. The molecule has 0 saturated heterocycles. The average molecular weight is 1180 g/mol. The zero-order chi connectivity index (χ0) is 60.8. The number of hydrogen-bond donors (Lipinski definition) is 2. The summed E-state index contributed by atoms with van der Waals surface area (Å²) in [7, 11) is 0. The van der Waals surface area contributed by atoms with Gasteiger partial charge in [-0.15, -0.1) is 0 Å². The number of unbranched alkanes of at least 4 members (excludes halogenated alkanes) is 65. The van der Waals surface area contributed by atoms with Gasteiger partial charge in [-0.3, -0.25) is 9.59 Å². The standard InChI is InChI=1S/C80H158O4/c1-4-6-8-10-12-14-16-18-20-22-24-37-41-45-49-53-57-61-65-69-73-77(80(83)84)79(82)75-71-67-63-59-55-51-47-43-39-36-34-32-30-28-26-25-27-29-31-33-35-38-42-46-50-54-58-62-66-70-74-78(81)76(3)72-68-64-60-56-52-48-44-40-23-21-19-17-15-13-11-9-7-5-2/h76-77,79,82H,4-75H2,1-3H3,(H,83,84). The Hall–Kier alpha value is -0.900. The van der Waals surface area contributed by atoms with Crippen molar-refractivity contribution in [1.29, 1.82) is 0 Å². The maximum Gasteiger partial charge on any atom is 0.309 e. The highest BCUT2D eigenvalue weighted by atomic mass is 16.4. The third kappa shape index (κ3) is 67.0. The van der Waals surface area contributed by atoms with Crippen LogP contribution in [0.5, 0.6) is 0 Å². The second-order valence-electron chi connectivity index (χ2n) is 28.3. The third-order valence-corrected chi connectivity index (χ3v) is 19.9. The summed E-state index contributed by atoms with van der Waals surface area (Å²) in [5, 5.41) is 20.5. The summed E-state index contributed by atoms with van der Waals surface area (Å²) in [6.07, 6.45) is 96.0. The maximum absolute atomic E-state index is 12.7. The number of ketones is 1. The molecular weight excluding hydrogens is 1020 g/mol.